The van der Waals surface area contributed by atoms with E-state index in [4.69, 9.17) is 0 Å². The molecule has 1 aliphatic rings. The molecule has 0 fully saturated rings. The fraction of sp³-hybridized carbons (Fsp3) is 0.484. The number of fused-ring (bicyclic) bond motifs is 2. The van der Waals surface area contributed by atoms with E-state index >= 15 is 0 Å². The molecular formula is C31H46Hf. The molecule has 0 nitrogen and oxygen atoms in total. The maximum Gasteiger partial charge on any atom is 4.00 e. The number of hydrogen-bond donors (Lipinski definition) is 0. The van der Waals surface area contributed by atoms with Crippen LogP contribution in [0.2, 0.25) is 0 Å². The molecule has 174 valence electrons. The summed E-state index contributed by atoms with van der Waals surface area (Å²) in [7, 11) is 0. The van der Waals surface area contributed by atoms with Crippen LogP contribution in [0.1, 0.15) is 84.5 Å². The molecule has 3 aromatic carbocycles. The topological polar surface area (TPSA) is 0 Å². The molecule has 0 aromatic heterocycles. The van der Waals surface area contributed by atoms with Crippen LogP contribution in [0.15, 0.2) is 24.3 Å². The summed E-state index contributed by atoms with van der Waals surface area (Å²) in [6.07, 6.45) is 7.66. The molecule has 32 heavy (non-hydrogen) atoms. The van der Waals surface area contributed by atoms with E-state index in [0.29, 0.717) is 5.41 Å². The molecule has 0 saturated heterocycles. The average Bonchev–Trinajstić information content (AvgIpc) is 3.34. The Balaban J connectivity index is 0.000000642. The van der Waals surface area contributed by atoms with Crippen molar-refractivity contribution < 1.29 is 25.8 Å². The summed E-state index contributed by atoms with van der Waals surface area (Å²) in [6, 6.07) is 9.62. The Bertz CT molecular complexity index is 911. The van der Waals surface area contributed by atoms with E-state index < -0.39 is 0 Å². The van der Waals surface area contributed by atoms with Crippen LogP contribution in [0.5, 0.6) is 0 Å². The quantitative estimate of drug-likeness (QED) is 0.208. The Morgan fingerprint density at radius 2 is 1.34 bits per heavy atom. The molecule has 0 spiro atoms. The van der Waals surface area contributed by atoms with E-state index in [9.17, 15) is 0 Å². The van der Waals surface area contributed by atoms with E-state index in [1.165, 1.54) is 77.1 Å². The number of hydrogen-bond acceptors (Lipinski definition) is 0. The number of rotatable bonds is 4. The largest absolute Gasteiger partial charge is 4.00 e. The van der Waals surface area contributed by atoms with Crippen LogP contribution in [0, 0.1) is 54.9 Å². The van der Waals surface area contributed by atoms with E-state index in [2.05, 4.69) is 79.7 Å². The molecule has 0 N–H and O–H groups in total. The Kier molecular flexibility index (Phi) is 12.1. The normalized spacial score (nSPS) is 13.4. The first-order valence-electron chi connectivity index (χ1n) is 11.7. The van der Waals surface area contributed by atoms with Crippen LogP contribution in [-0.2, 0) is 45.1 Å². The summed E-state index contributed by atoms with van der Waals surface area (Å²) in [5.41, 5.74) is 12.7. The molecule has 0 atom stereocenters. The van der Waals surface area contributed by atoms with Gasteiger partial charge < -0.3 is 14.9 Å². The van der Waals surface area contributed by atoms with Gasteiger partial charge in [0.25, 0.3) is 0 Å². The van der Waals surface area contributed by atoms with Gasteiger partial charge in [-0.05, 0) is 31.1 Å². The summed E-state index contributed by atoms with van der Waals surface area (Å²) in [5, 5.41) is 2.98. The van der Waals surface area contributed by atoms with Crippen LogP contribution in [0.25, 0.3) is 10.8 Å². The smallest absolute Gasteiger partial charge is 0.358 e. The summed E-state index contributed by atoms with van der Waals surface area (Å²) in [5.74, 6) is 0. The van der Waals surface area contributed by atoms with Gasteiger partial charge in [0.15, 0.2) is 0 Å². The van der Waals surface area contributed by atoms with Gasteiger partial charge in [0.1, 0.15) is 0 Å². The Morgan fingerprint density at radius 3 is 1.75 bits per heavy atom. The van der Waals surface area contributed by atoms with Gasteiger partial charge in [0, 0.05) is 0 Å². The molecule has 0 aliphatic heterocycles. The van der Waals surface area contributed by atoms with Crippen molar-refractivity contribution in [2.24, 2.45) is 5.41 Å². The van der Waals surface area contributed by atoms with E-state index in [0.717, 1.165) is 0 Å². The molecule has 1 aliphatic carbocycles. The zero-order valence-electron chi connectivity index (χ0n) is 22.6. The van der Waals surface area contributed by atoms with Gasteiger partial charge in [-0.2, -0.15) is 33.9 Å². The maximum absolute atomic E-state index is 2.50. The Hall–Kier alpha value is -0.950. The SMILES string of the molecule is CCC[c-]1ccc2cc3c(cc21)CC(CC)(CC)C3.Cc1c(C)c(C)[c-](C)c1C.[CH3-].[CH3-].[Hf+4]. The summed E-state index contributed by atoms with van der Waals surface area (Å²) >= 11 is 0. The summed E-state index contributed by atoms with van der Waals surface area (Å²) in [4.78, 5) is 0. The van der Waals surface area contributed by atoms with Crippen molar-refractivity contribution >= 4 is 10.8 Å². The first-order chi connectivity index (χ1) is 13.8. The number of benzene rings is 1. The third kappa shape index (κ3) is 5.75. The van der Waals surface area contributed by atoms with Crippen molar-refractivity contribution in [1.82, 2.24) is 0 Å². The van der Waals surface area contributed by atoms with E-state index in [1.54, 1.807) is 16.7 Å². The summed E-state index contributed by atoms with van der Waals surface area (Å²) in [6.45, 7) is 18.0. The van der Waals surface area contributed by atoms with Crippen LogP contribution in [-0.4, -0.2) is 0 Å². The Labute approximate surface area is 218 Å². The van der Waals surface area contributed by atoms with Gasteiger partial charge in [-0.1, -0.05) is 79.4 Å². The minimum atomic E-state index is 0. The second-order valence-electron chi connectivity index (χ2n) is 9.50. The van der Waals surface area contributed by atoms with Gasteiger partial charge in [-0.25, -0.2) is 0 Å². The molecule has 1 heteroatoms. The maximum atomic E-state index is 2.50. The third-order valence-corrected chi connectivity index (χ3v) is 8.14. The second-order valence-corrected chi connectivity index (χ2v) is 9.50. The van der Waals surface area contributed by atoms with Crippen LogP contribution >= 0.6 is 0 Å². The van der Waals surface area contributed by atoms with Crippen LogP contribution in [0.4, 0.5) is 0 Å². The van der Waals surface area contributed by atoms with Crippen molar-refractivity contribution in [3.05, 3.63) is 83.6 Å². The fourth-order valence-electron chi connectivity index (χ4n) is 5.25. The predicted octanol–water partition coefficient (Wildman–Crippen LogP) is 9.26. The molecule has 0 heterocycles. The van der Waals surface area contributed by atoms with Crippen LogP contribution < -0.4 is 0 Å². The van der Waals surface area contributed by atoms with Gasteiger partial charge in [-0.3, -0.25) is 0 Å². The zero-order chi connectivity index (χ0) is 21.3. The summed E-state index contributed by atoms with van der Waals surface area (Å²) < 4.78 is 0. The monoisotopic (exact) mass is 598 g/mol. The van der Waals surface area contributed by atoms with Crippen molar-refractivity contribution in [3.8, 4) is 0 Å². The minimum absolute atomic E-state index is 0. The molecule has 3 aromatic rings. The first kappa shape index (κ1) is 31.1. The second kappa shape index (κ2) is 12.5. The molecule has 0 amide bonds. The minimum Gasteiger partial charge on any atom is -0.358 e. The zero-order valence-corrected chi connectivity index (χ0v) is 26.1. The van der Waals surface area contributed by atoms with Gasteiger partial charge in [0.2, 0.25) is 0 Å². The average molecular weight is 597 g/mol. The van der Waals surface area contributed by atoms with E-state index in [1.807, 2.05) is 0 Å². The first-order valence-corrected chi connectivity index (χ1v) is 11.7. The van der Waals surface area contributed by atoms with Crippen molar-refractivity contribution in [1.29, 1.82) is 0 Å². The van der Waals surface area contributed by atoms with Gasteiger partial charge in [0.05, 0.1) is 0 Å². The van der Waals surface area contributed by atoms with Crippen molar-refractivity contribution in [3.63, 3.8) is 0 Å². The molecule has 0 unspecified atom stereocenters. The van der Waals surface area contributed by atoms with E-state index in [-0.39, 0.29) is 40.7 Å². The van der Waals surface area contributed by atoms with Crippen LogP contribution in [0.3, 0.4) is 0 Å². The molecule has 4 rings (SSSR count). The molecule has 0 bridgehead atoms. The standard InChI is InChI=1S/C19H25.C10H15.2CH3.Hf/c1-4-7-14-8-9-15-10-16-12-19(5-2,6-3)13-17(16)11-18(14)15;1-6-7(2)9(4)10(5)8(6)3;;;/h8-11H,4-7,12-13H2,1-3H3;1-5H3;2*1H3;/q4*-1;+4. The molecule has 0 saturated carbocycles. The van der Waals surface area contributed by atoms with Crippen molar-refractivity contribution in [2.75, 3.05) is 0 Å². The Morgan fingerprint density at radius 1 is 0.844 bits per heavy atom. The number of aryl methyl sites for hydroxylation is 1. The molecular weight excluding hydrogens is 551 g/mol. The van der Waals surface area contributed by atoms with Gasteiger partial charge in [-0.15, -0.1) is 34.5 Å². The third-order valence-electron chi connectivity index (χ3n) is 8.14. The predicted molar refractivity (Wildman–Crippen MR) is 143 cm³/mol. The van der Waals surface area contributed by atoms with Gasteiger partial charge >= 0.3 is 25.8 Å². The molecule has 0 radical (unpaired) electrons. The fourth-order valence-corrected chi connectivity index (χ4v) is 5.25. The van der Waals surface area contributed by atoms with Crippen molar-refractivity contribution in [2.45, 2.75) is 93.9 Å².